The second-order valence-electron chi connectivity index (χ2n) is 5.73. The summed E-state index contributed by atoms with van der Waals surface area (Å²) < 4.78 is 13.6. The number of guanidine groups is 1. The summed E-state index contributed by atoms with van der Waals surface area (Å²) >= 11 is 1.75. The lowest BCUT2D eigenvalue weighted by atomic mass is 9.91. The van der Waals surface area contributed by atoms with E-state index >= 15 is 0 Å². The highest BCUT2D eigenvalue weighted by atomic mass is 127. The summed E-state index contributed by atoms with van der Waals surface area (Å²) in [4.78, 5) is 5.52. The number of hydrogen-bond donors (Lipinski definition) is 2. The Bertz CT molecular complexity index is 627. The number of aliphatic imine (C=N–C) groups is 1. The monoisotopic (exact) mass is 447 g/mol. The molecule has 3 nitrogen and oxygen atoms in total. The van der Waals surface area contributed by atoms with Crippen LogP contribution < -0.4 is 10.6 Å². The quantitative estimate of drug-likeness (QED) is 0.411. The van der Waals surface area contributed by atoms with Crippen molar-refractivity contribution in [1.29, 1.82) is 0 Å². The molecular weight excluding hydrogens is 424 g/mol. The van der Waals surface area contributed by atoms with Crippen molar-refractivity contribution in [1.82, 2.24) is 10.6 Å². The summed E-state index contributed by atoms with van der Waals surface area (Å²) in [6.07, 6.45) is 0. The molecule has 0 saturated carbocycles. The molecule has 0 aliphatic heterocycles. The molecule has 2 N–H and O–H groups in total. The van der Waals surface area contributed by atoms with Crippen LogP contribution in [-0.4, -0.2) is 19.6 Å². The molecule has 0 radical (unpaired) electrons. The summed E-state index contributed by atoms with van der Waals surface area (Å²) in [6, 6.07) is 11.0. The van der Waals surface area contributed by atoms with E-state index in [1.165, 1.54) is 10.9 Å². The van der Waals surface area contributed by atoms with Crippen molar-refractivity contribution in [2.24, 2.45) is 4.99 Å². The molecule has 1 aromatic carbocycles. The van der Waals surface area contributed by atoms with Gasteiger partial charge in [-0.15, -0.1) is 35.3 Å². The van der Waals surface area contributed by atoms with Crippen molar-refractivity contribution < 1.29 is 4.39 Å². The molecule has 0 amide bonds. The van der Waals surface area contributed by atoms with Crippen LogP contribution in [0.3, 0.4) is 0 Å². The van der Waals surface area contributed by atoms with E-state index in [9.17, 15) is 4.39 Å². The van der Waals surface area contributed by atoms with E-state index in [-0.39, 0.29) is 35.2 Å². The molecule has 0 fully saturated rings. The highest BCUT2D eigenvalue weighted by Crippen LogP contribution is 2.26. The predicted octanol–water partition coefficient (Wildman–Crippen LogP) is 4.15. The molecule has 0 bridgehead atoms. The Labute approximate surface area is 158 Å². The van der Waals surface area contributed by atoms with Gasteiger partial charge < -0.3 is 10.6 Å². The summed E-state index contributed by atoms with van der Waals surface area (Å²) in [5.74, 6) is 0.470. The zero-order valence-electron chi connectivity index (χ0n) is 13.6. The molecule has 0 aliphatic carbocycles. The van der Waals surface area contributed by atoms with Crippen LogP contribution in [0.2, 0.25) is 0 Å². The van der Waals surface area contributed by atoms with Gasteiger partial charge in [-0.25, -0.2) is 4.39 Å². The molecule has 2 rings (SSSR count). The number of nitrogens with one attached hydrogen (secondary N) is 2. The SMILES string of the molecule is CN=C(NCc1ccccc1F)NCC(C)(C)c1cccs1.I. The van der Waals surface area contributed by atoms with Gasteiger partial charge in [-0.05, 0) is 17.5 Å². The summed E-state index contributed by atoms with van der Waals surface area (Å²) in [6.45, 7) is 5.54. The van der Waals surface area contributed by atoms with Crippen molar-refractivity contribution >= 4 is 41.3 Å². The number of hydrogen-bond acceptors (Lipinski definition) is 2. The molecule has 1 heterocycles. The van der Waals surface area contributed by atoms with Gasteiger partial charge in [-0.2, -0.15) is 0 Å². The van der Waals surface area contributed by atoms with Crippen LogP contribution in [0.5, 0.6) is 0 Å². The molecule has 0 saturated heterocycles. The molecule has 0 unspecified atom stereocenters. The van der Waals surface area contributed by atoms with E-state index in [1.54, 1.807) is 30.5 Å². The first kappa shape index (κ1) is 19.9. The zero-order valence-corrected chi connectivity index (χ0v) is 16.7. The molecular formula is C17H23FIN3S. The Hall–Kier alpha value is -1.15. The molecule has 1 aromatic heterocycles. The fraction of sp³-hybridized carbons (Fsp3) is 0.353. The first-order valence-corrected chi connectivity index (χ1v) is 8.13. The fourth-order valence-electron chi connectivity index (χ4n) is 2.10. The topological polar surface area (TPSA) is 36.4 Å². The van der Waals surface area contributed by atoms with E-state index in [0.717, 1.165) is 6.54 Å². The highest BCUT2D eigenvalue weighted by molar-refractivity contribution is 14.0. The molecule has 0 atom stereocenters. The van der Waals surface area contributed by atoms with Crippen molar-refractivity contribution in [3.63, 3.8) is 0 Å². The second-order valence-corrected chi connectivity index (χ2v) is 6.68. The van der Waals surface area contributed by atoms with Crippen LogP contribution in [0.1, 0.15) is 24.3 Å². The van der Waals surface area contributed by atoms with Crippen molar-refractivity contribution in [2.75, 3.05) is 13.6 Å². The van der Waals surface area contributed by atoms with Gasteiger partial charge in [0.2, 0.25) is 0 Å². The van der Waals surface area contributed by atoms with Crippen LogP contribution in [-0.2, 0) is 12.0 Å². The third kappa shape index (κ3) is 5.76. The lowest BCUT2D eigenvalue weighted by Crippen LogP contribution is -2.43. The molecule has 0 aliphatic rings. The third-order valence-electron chi connectivity index (χ3n) is 3.51. The maximum atomic E-state index is 13.6. The Morgan fingerprint density at radius 2 is 1.91 bits per heavy atom. The van der Waals surface area contributed by atoms with E-state index < -0.39 is 0 Å². The zero-order chi connectivity index (χ0) is 16.0. The summed E-state index contributed by atoms with van der Waals surface area (Å²) in [7, 11) is 1.72. The first-order valence-electron chi connectivity index (χ1n) is 7.25. The van der Waals surface area contributed by atoms with Gasteiger partial charge in [0, 0.05) is 36.0 Å². The van der Waals surface area contributed by atoms with Gasteiger partial charge in [0.15, 0.2) is 5.96 Å². The maximum absolute atomic E-state index is 13.6. The lowest BCUT2D eigenvalue weighted by Gasteiger charge is -2.25. The molecule has 2 aromatic rings. The predicted molar refractivity (Wildman–Crippen MR) is 107 cm³/mol. The van der Waals surface area contributed by atoms with Gasteiger partial charge in [0.1, 0.15) is 5.82 Å². The minimum absolute atomic E-state index is 0. The van der Waals surface area contributed by atoms with Crippen molar-refractivity contribution in [3.8, 4) is 0 Å². The Morgan fingerprint density at radius 3 is 2.52 bits per heavy atom. The first-order chi connectivity index (χ1) is 10.5. The number of benzene rings is 1. The average Bonchev–Trinajstić information content (AvgIpc) is 3.04. The highest BCUT2D eigenvalue weighted by Gasteiger charge is 2.21. The number of nitrogens with zero attached hydrogens (tertiary/aromatic N) is 1. The molecule has 23 heavy (non-hydrogen) atoms. The number of rotatable bonds is 5. The van der Waals surface area contributed by atoms with Crippen LogP contribution in [0.4, 0.5) is 4.39 Å². The summed E-state index contributed by atoms with van der Waals surface area (Å²) in [5.41, 5.74) is 0.645. The van der Waals surface area contributed by atoms with Crippen LogP contribution in [0.15, 0.2) is 46.8 Å². The van der Waals surface area contributed by atoms with E-state index in [1.807, 2.05) is 6.07 Å². The summed E-state index contributed by atoms with van der Waals surface area (Å²) in [5, 5.41) is 8.54. The number of halogens is 2. The fourth-order valence-corrected chi connectivity index (χ4v) is 2.95. The maximum Gasteiger partial charge on any atom is 0.191 e. The van der Waals surface area contributed by atoms with E-state index in [4.69, 9.17) is 0 Å². The minimum atomic E-state index is -0.204. The number of thiophene rings is 1. The average molecular weight is 447 g/mol. The van der Waals surface area contributed by atoms with Gasteiger partial charge in [-0.3, -0.25) is 4.99 Å². The molecule has 0 spiro atoms. The molecule has 6 heteroatoms. The normalized spacial score (nSPS) is 11.7. The largest absolute Gasteiger partial charge is 0.356 e. The third-order valence-corrected chi connectivity index (χ3v) is 4.75. The van der Waals surface area contributed by atoms with Crippen LogP contribution in [0, 0.1) is 5.82 Å². The Kier molecular flexibility index (Phi) is 7.98. The minimum Gasteiger partial charge on any atom is -0.356 e. The van der Waals surface area contributed by atoms with Gasteiger partial charge in [0.05, 0.1) is 0 Å². The van der Waals surface area contributed by atoms with Crippen LogP contribution >= 0.6 is 35.3 Å². The van der Waals surface area contributed by atoms with Gasteiger partial charge in [-0.1, -0.05) is 38.1 Å². The molecule has 126 valence electrons. The Morgan fingerprint density at radius 1 is 1.17 bits per heavy atom. The smallest absolute Gasteiger partial charge is 0.191 e. The standard InChI is InChI=1S/C17H22FN3S.HI/c1-17(2,15-9-6-10-22-15)12-21-16(19-3)20-11-13-7-4-5-8-14(13)18;/h4-10H,11-12H2,1-3H3,(H2,19,20,21);1H. The Balaban J connectivity index is 0.00000264. The van der Waals surface area contributed by atoms with Gasteiger partial charge in [0.25, 0.3) is 0 Å². The van der Waals surface area contributed by atoms with Crippen LogP contribution in [0.25, 0.3) is 0 Å². The van der Waals surface area contributed by atoms with E-state index in [2.05, 4.69) is 47.0 Å². The van der Waals surface area contributed by atoms with Crippen molar-refractivity contribution in [2.45, 2.75) is 25.8 Å². The van der Waals surface area contributed by atoms with Crippen molar-refractivity contribution in [3.05, 3.63) is 58.0 Å². The second kappa shape index (κ2) is 9.22. The lowest BCUT2D eigenvalue weighted by molar-refractivity contribution is 0.518. The van der Waals surface area contributed by atoms with E-state index in [0.29, 0.717) is 18.1 Å². The van der Waals surface area contributed by atoms with Gasteiger partial charge >= 0.3 is 0 Å².